The Bertz CT molecular complexity index is 357. The zero-order valence-corrected chi connectivity index (χ0v) is 10.9. The van der Waals surface area contributed by atoms with Crippen molar-refractivity contribution in [2.75, 3.05) is 5.32 Å². The summed E-state index contributed by atoms with van der Waals surface area (Å²) in [7, 11) is 0. The number of carbonyl (C=O) groups is 1. The zero-order chi connectivity index (χ0) is 12.8. The number of aryl methyl sites for hydroxylation is 1. The van der Waals surface area contributed by atoms with Crippen LogP contribution in [0.3, 0.4) is 0 Å². The van der Waals surface area contributed by atoms with E-state index < -0.39 is 6.04 Å². The Labute approximate surface area is 103 Å². The van der Waals surface area contributed by atoms with E-state index in [1.165, 1.54) is 5.56 Å². The van der Waals surface area contributed by atoms with Gasteiger partial charge in [-0.1, -0.05) is 39.3 Å². The lowest BCUT2D eigenvalue weighted by molar-refractivity contribution is -0.118. The molecule has 1 atom stereocenters. The van der Waals surface area contributed by atoms with Crippen LogP contribution in [0, 0.1) is 5.92 Å². The largest absolute Gasteiger partial charge is 0.325 e. The molecule has 0 saturated heterocycles. The van der Waals surface area contributed by atoms with E-state index in [0.717, 1.165) is 18.5 Å². The minimum atomic E-state index is -0.453. The van der Waals surface area contributed by atoms with E-state index in [9.17, 15) is 4.79 Å². The molecule has 1 rings (SSSR count). The van der Waals surface area contributed by atoms with Gasteiger partial charge in [-0.15, -0.1) is 0 Å². The molecule has 1 aromatic carbocycles. The number of hydrogen-bond donors (Lipinski definition) is 2. The van der Waals surface area contributed by atoms with Crippen molar-refractivity contribution in [3.05, 3.63) is 29.8 Å². The third-order valence-electron chi connectivity index (χ3n) is 2.78. The van der Waals surface area contributed by atoms with Crippen LogP contribution in [0.25, 0.3) is 0 Å². The van der Waals surface area contributed by atoms with Gasteiger partial charge in [0.05, 0.1) is 6.04 Å². The molecule has 0 aliphatic rings. The number of carbonyl (C=O) groups excluding carboxylic acids is 1. The van der Waals surface area contributed by atoms with Crippen molar-refractivity contribution in [1.29, 1.82) is 0 Å². The topological polar surface area (TPSA) is 55.1 Å². The summed E-state index contributed by atoms with van der Waals surface area (Å²) in [6, 6.07) is 7.48. The number of rotatable bonds is 5. The van der Waals surface area contributed by atoms with Crippen LogP contribution in [0.5, 0.6) is 0 Å². The van der Waals surface area contributed by atoms with Gasteiger partial charge in [-0.3, -0.25) is 4.79 Å². The third-order valence-corrected chi connectivity index (χ3v) is 2.78. The molecule has 0 aromatic heterocycles. The first kappa shape index (κ1) is 13.7. The van der Waals surface area contributed by atoms with Gasteiger partial charge in [0.1, 0.15) is 0 Å². The second kappa shape index (κ2) is 6.40. The van der Waals surface area contributed by atoms with E-state index in [1.807, 2.05) is 38.1 Å². The van der Waals surface area contributed by atoms with Crippen molar-refractivity contribution in [3.8, 4) is 0 Å². The van der Waals surface area contributed by atoms with Gasteiger partial charge in [0.2, 0.25) is 5.91 Å². The quantitative estimate of drug-likeness (QED) is 0.822. The monoisotopic (exact) mass is 234 g/mol. The van der Waals surface area contributed by atoms with Gasteiger partial charge in [-0.2, -0.15) is 0 Å². The fourth-order valence-corrected chi connectivity index (χ4v) is 1.57. The molecule has 17 heavy (non-hydrogen) atoms. The van der Waals surface area contributed by atoms with Gasteiger partial charge in [-0.05, 0) is 30.0 Å². The van der Waals surface area contributed by atoms with Crippen LogP contribution < -0.4 is 11.1 Å². The fourth-order valence-electron chi connectivity index (χ4n) is 1.57. The van der Waals surface area contributed by atoms with Crippen molar-refractivity contribution in [1.82, 2.24) is 0 Å². The van der Waals surface area contributed by atoms with Crippen LogP contribution >= 0.6 is 0 Å². The summed E-state index contributed by atoms with van der Waals surface area (Å²) in [6.07, 6.45) is 2.20. The molecule has 0 aliphatic carbocycles. The standard InChI is InChI=1S/C14H22N2O/c1-4-5-11-6-8-12(9-7-11)16-14(17)13(15)10(2)3/h6-10,13H,4-5,15H2,1-3H3,(H,16,17). The highest BCUT2D eigenvalue weighted by molar-refractivity contribution is 5.94. The van der Waals surface area contributed by atoms with Gasteiger partial charge in [0, 0.05) is 5.69 Å². The van der Waals surface area contributed by atoms with Gasteiger partial charge >= 0.3 is 0 Å². The third kappa shape index (κ3) is 4.19. The number of hydrogen-bond acceptors (Lipinski definition) is 2. The normalized spacial score (nSPS) is 12.5. The molecule has 1 aromatic rings. The van der Waals surface area contributed by atoms with Crippen molar-refractivity contribution in [2.45, 2.75) is 39.7 Å². The number of nitrogens with one attached hydrogen (secondary N) is 1. The Hall–Kier alpha value is -1.35. The predicted molar refractivity (Wildman–Crippen MR) is 71.9 cm³/mol. The number of anilines is 1. The zero-order valence-electron chi connectivity index (χ0n) is 10.9. The number of benzene rings is 1. The second-order valence-corrected chi connectivity index (χ2v) is 4.71. The minimum Gasteiger partial charge on any atom is -0.325 e. The molecular weight excluding hydrogens is 212 g/mol. The molecule has 0 bridgehead atoms. The van der Waals surface area contributed by atoms with Crippen LogP contribution in [-0.2, 0) is 11.2 Å². The second-order valence-electron chi connectivity index (χ2n) is 4.71. The summed E-state index contributed by atoms with van der Waals surface area (Å²) in [5, 5.41) is 2.83. The van der Waals surface area contributed by atoms with E-state index in [0.29, 0.717) is 0 Å². The van der Waals surface area contributed by atoms with Gasteiger partial charge < -0.3 is 11.1 Å². The summed E-state index contributed by atoms with van der Waals surface area (Å²) >= 11 is 0. The van der Waals surface area contributed by atoms with E-state index in [-0.39, 0.29) is 11.8 Å². The molecule has 1 unspecified atom stereocenters. The molecule has 0 saturated carbocycles. The first-order chi connectivity index (χ1) is 8.04. The Morgan fingerprint density at radius 1 is 1.29 bits per heavy atom. The summed E-state index contributed by atoms with van der Waals surface area (Å²) < 4.78 is 0. The van der Waals surface area contributed by atoms with Crippen molar-refractivity contribution in [2.24, 2.45) is 11.7 Å². The summed E-state index contributed by atoms with van der Waals surface area (Å²) in [5.74, 6) is 0.0256. The van der Waals surface area contributed by atoms with Crippen molar-refractivity contribution >= 4 is 11.6 Å². The van der Waals surface area contributed by atoms with Crippen molar-refractivity contribution in [3.63, 3.8) is 0 Å². The molecule has 0 fully saturated rings. The maximum Gasteiger partial charge on any atom is 0.241 e. The van der Waals surface area contributed by atoms with Gasteiger partial charge in [0.25, 0.3) is 0 Å². The highest BCUT2D eigenvalue weighted by Gasteiger charge is 2.16. The molecular formula is C14H22N2O. The van der Waals surface area contributed by atoms with Crippen LogP contribution in [0.4, 0.5) is 5.69 Å². The maximum atomic E-state index is 11.7. The van der Waals surface area contributed by atoms with Crippen LogP contribution in [0.2, 0.25) is 0 Å². The van der Waals surface area contributed by atoms with Gasteiger partial charge in [0.15, 0.2) is 0 Å². The van der Waals surface area contributed by atoms with E-state index >= 15 is 0 Å². The lowest BCUT2D eigenvalue weighted by atomic mass is 10.0. The highest BCUT2D eigenvalue weighted by Crippen LogP contribution is 2.12. The highest BCUT2D eigenvalue weighted by atomic mass is 16.2. The average molecular weight is 234 g/mol. The Balaban J connectivity index is 2.60. The van der Waals surface area contributed by atoms with E-state index in [4.69, 9.17) is 5.73 Å². The summed E-state index contributed by atoms with van der Waals surface area (Å²) in [4.78, 5) is 11.7. The van der Waals surface area contributed by atoms with Crippen LogP contribution in [0.15, 0.2) is 24.3 Å². The first-order valence-corrected chi connectivity index (χ1v) is 6.20. The molecule has 1 amide bonds. The molecule has 0 radical (unpaired) electrons. The smallest absolute Gasteiger partial charge is 0.241 e. The molecule has 0 aliphatic heterocycles. The SMILES string of the molecule is CCCc1ccc(NC(=O)C(N)C(C)C)cc1. The van der Waals surface area contributed by atoms with E-state index in [1.54, 1.807) is 0 Å². The lowest BCUT2D eigenvalue weighted by Crippen LogP contribution is -2.39. The van der Waals surface area contributed by atoms with Crippen LogP contribution in [-0.4, -0.2) is 11.9 Å². The lowest BCUT2D eigenvalue weighted by Gasteiger charge is -2.15. The number of amides is 1. The fraction of sp³-hybridized carbons (Fsp3) is 0.500. The minimum absolute atomic E-state index is 0.122. The van der Waals surface area contributed by atoms with Gasteiger partial charge in [-0.25, -0.2) is 0 Å². The van der Waals surface area contributed by atoms with Crippen LogP contribution in [0.1, 0.15) is 32.8 Å². The molecule has 3 heteroatoms. The summed E-state index contributed by atoms with van der Waals surface area (Å²) in [6.45, 7) is 6.03. The molecule has 0 heterocycles. The van der Waals surface area contributed by atoms with Crippen molar-refractivity contribution < 1.29 is 4.79 Å². The Morgan fingerprint density at radius 3 is 2.35 bits per heavy atom. The molecule has 0 spiro atoms. The predicted octanol–water partition coefficient (Wildman–Crippen LogP) is 2.56. The Morgan fingerprint density at radius 2 is 1.88 bits per heavy atom. The first-order valence-electron chi connectivity index (χ1n) is 6.20. The molecule has 94 valence electrons. The summed E-state index contributed by atoms with van der Waals surface area (Å²) in [5.41, 5.74) is 7.87. The van der Waals surface area contributed by atoms with E-state index in [2.05, 4.69) is 12.2 Å². The maximum absolute atomic E-state index is 11.7. The number of nitrogens with two attached hydrogens (primary N) is 1. The molecule has 3 N–H and O–H groups in total. The Kier molecular flexibility index (Phi) is 5.16. The average Bonchev–Trinajstić information content (AvgIpc) is 2.30. The molecule has 3 nitrogen and oxygen atoms in total.